The summed E-state index contributed by atoms with van der Waals surface area (Å²) in [7, 11) is 0. The highest BCUT2D eigenvalue weighted by molar-refractivity contribution is 5.54. The zero-order valence-electron chi connectivity index (χ0n) is 11.3. The molecule has 3 nitrogen and oxygen atoms in total. The molecule has 1 aliphatic heterocycles. The van der Waals surface area contributed by atoms with Crippen molar-refractivity contribution >= 4 is 5.69 Å². The summed E-state index contributed by atoms with van der Waals surface area (Å²) in [5.41, 5.74) is 8.16. The molecule has 0 radical (unpaired) electrons. The lowest BCUT2D eigenvalue weighted by Crippen LogP contribution is -2.17. The first-order chi connectivity index (χ1) is 8.85. The van der Waals surface area contributed by atoms with E-state index in [1.54, 1.807) is 0 Å². The molecule has 0 bridgehead atoms. The Kier molecular flexibility index (Phi) is 4.88. The molecule has 2 rings (SSSR count). The van der Waals surface area contributed by atoms with Crippen LogP contribution in [-0.2, 0) is 6.42 Å². The van der Waals surface area contributed by atoms with Crippen LogP contribution in [0.3, 0.4) is 0 Å². The maximum absolute atomic E-state index is 5.77. The molecule has 1 aromatic carbocycles. The summed E-state index contributed by atoms with van der Waals surface area (Å²) in [4.78, 5) is 2.44. The van der Waals surface area contributed by atoms with Gasteiger partial charge in [-0.25, -0.2) is 0 Å². The Labute approximate surface area is 110 Å². The van der Waals surface area contributed by atoms with E-state index in [9.17, 15) is 0 Å². The number of benzene rings is 1. The van der Waals surface area contributed by atoms with Crippen molar-refractivity contribution in [2.75, 3.05) is 31.1 Å². The second-order valence-corrected chi connectivity index (χ2v) is 4.81. The van der Waals surface area contributed by atoms with Crippen molar-refractivity contribution in [2.45, 2.75) is 32.6 Å². The topological polar surface area (TPSA) is 38.5 Å². The Morgan fingerprint density at radius 1 is 1.28 bits per heavy atom. The number of nitrogens with zero attached hydrogens (tertiary/aromatic N) is 1. The first-order valence-corrected chi connectivity index (χ1v) is 7.06. The lowest BCUT2D eigenvalue weighted by molar-refractivity contribution is 0.336. The van der Waals surface area contributed by atoms with E-state index < -0.39 is 0 Å². The van der Waals surface area contributed by atoms with Crippen LogP contribution in [0.5, 0.6) is 5.75 Å². The summed E-state index contributed by atoms with van der Waals surface area (Å²) in [6.45, 7) is 5.84. The van der Waals surface area contributed by atoms with Crippen LogP contribution in [0, 0.1) is 0 Å². The number of ether oxygens (including phenoxy) is 1. The van der Waals surface area contributed by atoms with Crippen LogP contribution in [0.25, 0.3) is 0 Å². The number of nitrogens with two attached hydrogens (primary N) is 1. The predicted molar refractivity (Wildman–Crippen MR) is 76.4 cm³/mol. The molecule has 2 N–H and O–H groups in total. The molecule has 0 unspecified atom stereocenters. The van der Waals surface area contributed by atoms with Crippen molar-refractivity contribution in [3.05, 3.63) is 23.8 Å². The molecular formula is C15H24N2O. The van der Waals surface area contributed by atoms with Gasteiger partial charge < -0.3 is 15.4 Å². The van der Waals surface area contributed by atoms with Gasteiger partial charge >= 0.3 is 0 Å². The Bertz CT molecular complexity index is 373. The largest absolute Gasteiger partial charge is 0.494 e. The molecule has 1 aliphatic rings. The van der Waals surface area contributed by atoms with Gasteiger partial charge in [0, 0.05) is 24.8 Å². The SMILES string of the molecule is CCOc1cc(N2CCCC2)ccc1CCCN. The van der Waals surface area contributed by atoms with E-state index in [0.717, 1.165) is 31.7 Å². The van der Waals surface area contributed by atoms with Gasteiger partial charge in [0.1, 0.15) is 5.75 Å². The third kappa shape index (κ3) is 3.16. The van der Waals surface area contributed by atoms with E-state index in [4.69, 9.17) is 10.5 Å². The van der Waals surface area contributed by atoms with Crippen molar-refractivity contribution in [3.63, 3.8) is 0 Å². The summed E-state index contributed by atoms with van der Waals surface area (Å²) in [5, 5.41) is 0. The first-order valence-electron chi connectivity index (χ1n) is 7.06. The van der Waals surface area contributed by atoms with E-state index in [1.165, 1.54) is 37.2 Å². The highest BCUT2D eigenvalue weighted by Gasteiger charge is 2.14. The third-order valence-electron chi connectivity index (χ3n) is 3.47. The predicted octanol–water partition coefficient (Wildman–Crippen LogP) is 2.58. The van der Waals surface area contributed by atoms with Gasteiger partial charge in [-0.2, -0.15) is 0 Å². The normalized spacial score (nSPS) is 15.1. The average Bonchev–Trinajstić information content (AvgIpc) is 2.91. The maximum Gasteiger partial charge on any atom is 0.124 e. The third-order valence-corrected chi connectivity index (χ3v) is 3.47. The van der Waals surface area contributed by atoms with Crippen LogP contribution in [0.4, 0.5) is 5.69 Å². The van der Waals surface area contributed by atoms with Gasteiger partial charge in [-0.3, -0.25) is 0 Å². The molecule has 1 aromatic rings. The molecule has 0 spiro atoms. The fourth-order valence-electron chi connectivity index (χ4n) is 2.50. The first kappa shape index (κ1) is 13.2. The standard InChI is InChI=1S/C15H24N2O/c1-2-18-15-12-14(17-10-3-4-11-17)8-7-13(15)6-5-9-16/h7-8,12H,2-6,9-11,16H2,1H3. The minimum Gasteiger partial charge on any atom is -0.494 e. The van der Waals surface area contributed by atoms with Gasteiger partial charge in [-0.15, -0.1) is 0 Å². The van der Waals surface area contributed by atoms with Crippen molar-refractivity contribution in [1.82, 2.24) is 0 Å². The van der Waals surface area contributed by atoms with E-state index in [0.29, 0.717) is 0 Å². The van der Waals surface area contributed by atoms with Crippen LogP contribution in [0.2, 0.25) is 0 Å². The van der Waals surface area contributed by atoms with E-state index in [-0.39, 0.29) is 0 Å². The number of hydrogen-bond acceptors (Lipinski definition) is 3. The molecule has 0 saturated carbocycles. The average molecular weight is 248 g/mol. The van der Waals surface area contributed by atoms with Crippen LogP contribution >= 0.6 is 0 Å². The van der Waals surface area contributed by atoms with Gasteiger partial charge in [0.25, 0.3) is 0 Å². The summed E-state index contributed by atoms with van der Waals surface area (Å²) in [5.74, 6) is 1.04. The van der Waals surface area contributed by atoms with Crippen molar-refractivity contribution < 1.29 is 4.74 Å². The maximum atomic E-state index is 5.77. The summed E-state index contributed by atoms with van der Waals surface area (Å²) >= 11 is 0. The Morgan fingerprint density at radius 3 is 2.72 bits per heavy atom. The Morgan fingerprint density at radius 2 is 2.06 bits per heavy atom. The Hall–Kier alpha value is -1.22. The minimum absolute atomic E-state index is 0.721. The number of rotatable bonds is 6. The zero-order chi connectivity index (χ0) is 12.8. The van der Waals surface area contributed by atoms with Gasteiger partial charge in [0.2, 0.25) is 0 Å². The van der Waals surface area contributed by atoms with Gasteiger partial charge in [-0.1, -0.05) is 6.07 Å². The minimum atomic E-state index is 0.721. The van der Waals surface area contributed by atoms with Crippen molar-refractivity contribution in [2.24, 2.45) is 5.73 Å². The van der Waals surface area contributed by atoms with Crippen molar-refractivity contribution in [3.8, 4) is 5.75 Å². The molecule has 3 heteroatoms. The number of hydrogen-bond donors (Lipinski definition) is 1. The molecule has 100 valence electrons. The lowest BCUT2D eigenvalue weighted by atomic mass is 10.1. The van der Waals surface area contributed by atoms with E-state index in [1.807, 2.05) is 6.92 Å². The van der Waals surface area contributed by atoms with Crippen LogP contribution in [0.1, 0.15) is 31.7 Å². The second-order valence-electron chi connectivity index (χ2n) is 4.81. The highest BCUT2D eigenvalue weighted by Crippen LogP contribution is 2.28. The second kappa shape index (κ2) is 6.64. The zero-order valence-corrected chi connectivity index (χ0v) is 11.3. The van der Waals surface area contributed by atoms with Gasteiger partial charge in [-0.05, 0) is 50.8 Å². The number of anilines is 1. The number of aryl methyl sites for hydroxylation is 1. The molecule has 1 heterocycles. The quantitative estimate of drug-likeness (QED) is 0.841. The fourth-order valence-corrected chi connectivity index (χ4v) is 2.50. The van der Waals surface area contributed by atoms with Crippen molar-refractivity contribution in [1.29, 1.82) is 0 Å². The molecule has 0 amide bonds. The summed E-state index contributed by atoms with van der Waals surface area (Å²) in [6.07, 6.45) is 4.63. The summed E-state index contributed by atoms with van der Waals surface area (Å²) in [6, 6.07) is 6.62. The van der Waals surface area contributed by atoms with Gasteiger partial charge in [0.05, 0.1) is 6.61 Å². The van der Waals surface area contributed by atoms with E-state index >= 15 is 0 Å². The molecule has 0 aliphatic carbocycles. The molecule has 1 saturated heterocycles. The molecule has 1 fully saturated rings. The monoisotopic (exact) mass is 248 g/mol. The lowest BCUT2D eigenvalue weighted by Gasteiger charge is -2.20. The van der Waals surface area contributed by atoms with Gasteiger partial charge in [0.15, 0.2) is 0 Å². The van der Waals surface area contributed by atoms with E-state index in [2.05, 4.69) is 23.1 Å². The smallest absolute Gasteiger partial charge is 0.124 e. The molecular weight excluding hydrogens is 224 g/mol. The Balaban J connectivity index is 2.15. The van der Waals surface area contributed by atoms with Crippen LogP contribution in [0.15, 0.2) is 18.2 Å². The van der Waals surface area contributed by atoms with Crippen LogP contribution < -0.4 is 15.4 Å². The molecule has 0 aromatic heterocycles. The molecule has 0 atom stereocenters. The summed E-state index contributed by atoms with van der Waals surface area (Å²) < 4.78 is 5.77. The fraction of sp³-hybridized carbons (Fsp3) is 0.600. The molecule has 18 heavy (non-hydrogen) atoms. The van der Waals surface area contributed by atoms with Crippen LogP contribution in [-0.4, -0.2) is 26.2 Å². The highest BCUT2D eigenvalue weighted by atomic mass is 16.5.